The summed E-state index contributed by atoms with van der Waals surface area (Å²) in [5.74, 6) is 0.419. The van der Waals surface area contributed by atoms with Crippen LogP contribution >= 0.6 is 12.4 Å². The maximum atomic E-state index is 11.9. The molecule has 1 fully saturated rings. The Balaban J connectivity index is 0.00000256. The van der Waals surface area contributed by atoms with Gasteiger partial charge in [0.15, 0.2) is 0 Å². The summed E-state index contributed by atoms with van der Waals surface area (Å²) in [4.78, 5) is 0. The molecule has 0 saturated carbocycles. The molecule has 0 aliphatic carbocycles. The number of nitrogens with two attached hydrogens (primary N) is 1. The van der Waals surface area contributed by atoms with Crippen LogP contribution in [0.15, 0.2) is 0 Å². The van der Waals surface area contributed by atoms with Crippen LogP contribution in [0, 0.1) is 5.92 Å². The van der Waals surface area contributed by atoms with Crippen LogP contribution in [0.1, 0.15) is 33.1 Å². The molecule has 1 aliphatic heterocycles. The van der Waals surface area contributed by atoms with Crippen LogP contribution < -0.4 is 10.5 Å². The first kappa shape index (κ1) is 17.1. The van der Waals surface area contributed by atoms with E-state index in [0.29, 0.717) is 25.6 Å². The molecule has 7 heteroatoms. The Labute approximate surface area is 111 Å². The molecule has 5 nitrogen and oxygen atoms in total. The number of nitrogens with zero attached hydrogens (tertiary/aromatic N) is 1. The Morgan fingerprint density at radius 1 is 1.47 bits per heavy atom. The zero-order chi connectivity index (χ0) is 12.2. The third-order valence-corrected chi connectivity index (χ3v) is 4.56. The lowest BCUT2D eigenvalue weighted by atomic mass is 9.96. The molecular formula is C10H24ClN3O2S. The zero-order valence-corrected chi connectivity index (χ0v) is 12.2. The van der Waals surface area contributed by atoms with Gasteiger partial charge in [-0.3, -0.25) is 0 Å². The van der Waals surface area contributed by atoms with Crippen molar-refractivity contribution in [3.8, 4) is 0 Å². The molecular weight excluding hydrogens is 262 g/mol. The van der Waals surface area contributed by atoms with Gasteiger partial charge >= 0.3 is 0 Å². The second-order valence-electron chi connectivity index (χ2n) is 4.72. The summed E-state index contributed by atoms with van der Waals surface area (Å²) in [5, 5.41) is 0. The third-order valence-electron chi connectivity index (χ3n) is 2.78. The predicted molar refractivity (Wildman–Crippen MR) is 72.4 cm³/mol. The van der Waals surface area contributed by atoms with Crippen molar-refractivity contribution < 1.29 is 8.42 Å². The van der Waals surface area contributed by atoms with E-state index in [9.17, 15) is 8.42 Å². The first-order valence-electron chi connectivity index (χ1n) is 5.93. The molecule has 1 rings (SSSR count). The van der Waals surface area contributed by atoms with Gasteiger partial charge in [-0.2, -0.15) is 17.4 Å². The van der Waals surface area contributed by atoms with Crippen LogP contribution in [0.5, 0.6) is 0 Å². The minimum absolute atomic E-state index is 0. The molecule has 3 N–H and O–H groups in total. The van der Waals surface area contributed by atoms with Crippen molar-refractivity contribution in [3.05, 3.63) is 0 Å². The van der Waals surface area contributed by atoms with Crippen LogP contribution in [0.4, 0.5) is 0 Å². The molecule has 0 amide bonds. The van der Waals surface area contributed by atoms with Crippen LogP contribution in [0.3, 0.4) is 0 Å². The van der Waals surface area contributed by atoms with Crippen molar-refractivity contribution in [2.45, 2.75) is 39.2 Å². The van der Waals surface area contributed by atoms with Gasteiger partial charge in [0, 0.05) is 19.1 Å². The van der Waals surface area contributed by atoms with Gasteiger partial charge in [0.05, 0.1) is 0 Å². The number of piperidine rings is 1. The smallest absolute Gasteiger partial charge is 0.279 e. The average Bonchev–Trinajstić information content (AvgIpc) is 2.16. The van der Waals surface area contributed by atoms with Gasteiger partial charge in [0.1, 0.15) is 0 Å². The number of halogens is 1. The first-order valence-corrected chi connectivity index (χ1v) is 7.37. The molecule has 0 aromatic rings. The van der Waals surface area contributed by atoms with Gasteiger partial charge in [0.2, 0.25) is 0 Å². The van der Waals surface area contributed by atoms with E-state index >= 15 is 0 Å². The maximum Gasteiger partial charge on any atom is 0.279 e. The van der Waals surface area contributed by atoms with Crippen molar-refractivity contribution in [1.29, 1.82) is 0 Å². The topological polar surface area (TPSA) is 75.4 Å². The molecule has 1 saturated heterocycles. The first-order chi connectivity index (χ1) is 7.45. The van der Waals surface area contributed by atoms with E-state index in [2.05, 4.69) is 4.72 Å². The molecule has 1 heterocycles. The zero-order valence-electron chi connectivity index (χ0n) is 10.6. The highest BCUT2D eigenvalue weighted by Gasteiger charge is 2.28. The summed E-state index contributed by atoms with van der Waals surface area (Å²) in [7, 11) is -3.29. The molecule has 1 aliphatic rings. The molecule has 17 heavy (non-hydrogen) atoms. The minimum Gasteiger partial charge on any atom is -0.330 e. The van der Waals surface area contributed by atoms with Crippen molar-refractivity contribution in [2.75, 3.05) is 19.6 Å². The van der Waals surface area contributed by atoms with Crippen molar-refractivity contribution >= 4 is 22.6 Å². The summed E-state index contributed by atoms with van der Waals surface area (Å²) < 4.78 is 28.0. The molecule has 1 atom stereocenters. The fraction of sp³-hybridized carbons (Fsp3) is 1.00. The van der Waals surface area contributed by atoms with E-state index in [1.165, 1.54) is 0 Å². The van der Waals surface area contributed by atoms with E-state index < -0.39 is 10.2 Å². The predicted octanol–water partition coefficient (Wildman–Crippen LogP) is 0.712. The molecule has 0 spiro atoms. The van der Waals surface area contributed by atoms with Crippen molar-refractivity contribution in [1.82, 2.24) is 9.03 Å². The monoisotopic (exact) mass is 285 g/mol. The third kappa shape index (κ3) is 5.52. The highest BCUT2D eigenvalue weighted by molar-refractivity contribution is 7.87. The highest BCUT2D eigenvalue weighted by atomic mass is 35.5. The molecule has 104 valence electrons. The summed E-state index contributed by atoms with van der Waals surface area (Å²) >= 11 is 0. The Bertz CT molecular complexity index is 307. The van der Waals surface area contributed by atoms with Gasteiger partial charge in [0.25, 0.3) is 10.2 Å². The van der Waals surface area contributed by atoms with E-state index in [1.54, 1.807) is 4.31 Å². The van der Waals surface area contributed by atoms with Crippen molar-refractivity contribution in [3.63, 3.8) is 0 Å². The van der Waals surface area contributed by atoms with Gasteiger partial charge in [-0.25, -0.2) is 0 Å². The van der Waals surface area contributed by atoms with Gasteiger partial charge in [-0.05, 0) is 45.6 Å². The highest BCUT2D eigenvalue weighted by Crippen LogP contribution is 2.20. The number of nitrogens with one attached hydrogen (secondary N) is 1. The second kappa shape index (κ2) is 7.53. The standard InChI is InChI=1S/C10H23N3O2S.ClH/c1-9(2)12-16(14,15)13-7-3-4-10(8-13)5-6-11;/h9-10,12H,3-8,11H2,1-2H3;1H. The fourth-order valence-electron chi connectivity index (χ4n) is 2.09. The summed E-state index contributed by atoms with van der Waals surface area (Å²) in [6.07, 6.45) is 2.93. The van der Waals surface area contributed by atoms with Crippen molar-refractivity contribution in [2.24, 2.45) is 11.7 Å². The molecule has 1 unspecified atom stereocenters. The van der Waals surface area contributed by atoms with Crippen LogP contribution in [-0.2, 0) is 10.2 Å². The average molecular weight is 286 g/mol. The maximum absolute atomic E-state index is 11.9. The Morgan fingerprint density at radius 3 is 2.65 bits per heavy atom. The quantitative estimate of drug-likeness (QED) is 0.781. The lowest BCUT2D eigenvalue weighted by molar-refractivity contribution is 0.255. The van der Waals surface area contributed by atoms with Gasteiger partial charge in [-0.15, -0.1) is 12.4 Å². The Morgan fingerprint density at radius 2 is 2.12 bits per heavy atom. The molecule has 0 aromatic carbocycles. The number of hydrogen-bond acceptors (Lipinski definition) is 3. The van der Waals surface area contributed by atoms with E-state index in [1.807, 2.05) is 13.8 Å². The van der Waals surface area contributed by atoms with Crippen LogP contribution in [0.25, 0.3) is 0 Å². The minimum atomic E-state index is -3.29. The number of hydrogen-bond donors (Lipinski definition) is 2. The van der Waals surface area contributed by atoms with Gasteiger partial charge < -0.3 is 5.73 Å². The van der Waals surface area contributed by atoms with E-state index in [-0.39, 0.29) is 18.4 Å². The molecule has 0 bridgehead atoms. The fourth-order valence-corrected chi connectivity index (χ4v) is 3.61. The summed E-state index contributed by atoms with van der Waals surface area (Å²) in [6.45, 7) is 5.54. The van der Waals surface area contributed by atoms with E-state index in [4.69, 9.17) is 5.73 Å². The molecule has 0 radical (unpaired) electrons. The lowest BCUT2D eigenvalue weighted by Crippen LogP contribution is -2.48. The van der Waals surface area contributed by atoms with Crippen LogP contribution in [-0.4, -0.2) is 38.4 Å². The van der Waals surface area contributed by atoms with E-state index in [0.717, 1.165) is 19.3 Å². The lowest BCUT2D eigenvalue weighted by Gasteiger charge is -2.32. The SMILES string of the molecule is CC(C)NS(=O)(=O)N1CCCC(CCN)C1.Cl. The molecule has 0 aromatic heterocycles. The van der Waals surface area contributed by atoms with Crippen LogP contribution in [0.2, 0.25) is 0 Å². The second-order valence-corrected chi connectivity index (χ2v) is 6.42. The summed E-state index contributed by atoms with van der Waals surface area (Å²) in [6, 6.07) is -0.0557. The summed E-state index contributed by atoms with van der Waals surface area (Å²) in [5.41, 5.74) is 5.51. The Hall–Kier alpha value is 0.120. The van der Waals surface area contributed by atoms with Gasteiger partial charge in [-0.1, -0.05) is 0 Å². The largest absolute Gasteiger partial charge is 0.330 e. The number of rotatable bonds is 5. The Kier molecular flexibility index (Phi) is 7.58. The normalized spacial score (nSPS) is 22.5.